The number of rotatable bonds is 9. The van der Waals surface area contributed by atoms with Crippen LogP contribution < -0.4 is 5.32 Å². The zero-order valence-corrected chi connectivity index (χ0v) is 17.8. The van der Waals surface area contributed by atoms with Crippen LogP contribution in [0.1, 0.15) is 30.0 Å². The van der Waals surface area contributed by atoms with Crippen LogP contribution >= 0.6 is 0 Å². The molecule has 0 aliphatic heterocycles. The lowest BCUT2D eigenvalue weighted by molar-refractivity contribution is -0.144. The summed E-state index contributed by atoms with van der Waals surface area (Å²) in [6.45, 7) is 1.78. The predicted molar refractivity (Wildman–Crippen MR) is 123 cm³/mol. The van der Waals surface area contributed by atoms with E-state index in [9.17, 15) is 9.59 Å². The average Bonchev–Trinajstić information content (AvgIpc) is 2.83. The Kier molecular flexibility index (Phi) is 7.52. The van der Waals surface area contributed by atoms with Gasteiger partial charge in [-0.2, -0.15) is 0 Å². The highest BCUT2D eigenvalue weighted by Crippen LogP contribution is 2.37. The van der Waals surface area contributed by atoms with E-state index in [1.165, 1.54) is 13.2 Å². The number of benzene rings is 3. The van der Waals surface area contributed by atoms with E-state index in [0.717, 1.165) is 16.7 Å². The van der Waals surface area contributed by atoms with E-state index in [2.05, 4.69) is 5.32 Å². The van der Waals surface area contributed by atoms with E-state index in [1.54, 1.807) is 13.0 Å². The number of nitrogens with one attached hydrogen (secondary N) is 1. The van der Waals surface area contributed by atoms with Crippen LogP contribution in [-0.2, 0) is 19.9 Å². The van der Waals surface area contributed by atoms with Crippen molar-refractivity contribution in [2.45, 2.75) is 24.9 Å². The quantitative estimate of drug-likeness (QED) is 0.315. The molecule has 158 valence electrons. The lowest BCUT2D eigenvalue weighted by atomic mass is 9.76. The number of carbonyl (C=O) groups is 2. The number of esters is 1. The molecule has 0 aliphatic rings. The van der Waals surface area contributed by atoms with Crippen molar-refractivity contribution >= 4 is 11.8 Å². The highest BCUT2D eigenvalue weighted by molar-refractivity contribution is 5.93. The molecule has 0 radical (unpaired) electrons. The highest BCUT2D eigenvalue weighted by Gasteiger charge is 2.40. The van der Waals surface area contributed by atoms with Crippen LogP contribution in [0.25, 0.3) is 0 Å². The molecule has 4 heteroatoms. The first-order chi connectivity index (χ1) is 15.1. The van der Waals surface area contributed by atoms with Crippen molar-refractivity contribution in [2.75, 3.05) is 7.11 Å². The van der Waals surface area contributed by atoms with E-state index in [-0.39, 0.29) is 12.2 Å². The van der Waals surface area contributed by atoms with Crippen molar-refractivity contribution < 1.29 is 14.3 Å². The molecule has 3 rings (SSSR count). The molecule has 0 saturated carbocycles. The van der Waals surface area contributed by atoms with Gasteiger partial charge < -0.3 is 4.74 Å². The minimum atomic E-state index is -0.862. The fraction of sp³-hybridized carbons (Fsp3) is 0.185. The zero-order chi connectivity index (χ0) is 22.1. The van der Waals surface area contributed by atoms with E-state index in [0.29, 0.717) is 0 Å². The number of methoxy groups -OCH3 is 1. The van der Waals surface area contributed by atoms with Crippen molar-refractivity contribution in [3.63, 3.8) is 0 Å². The Hall–Kier alpha value is -3.50. The Morgan fingerprint density at radius 2 is 1.26 bits per heavy atom. The van der Waals surface area contributed by atoms with Gasteiger partial charge in [-0.05, 0) is 29.7 Å². The van der Waals surface area contributed by atoms with Gasteiger partial charge in [0.1, 0.15) is 6.04 Å². The third kappa shape index (κ3) is 4.98. The van der Waals surface area contributed by atoms with Crippen molar-refractivity contribution in [1.82, 2.24) is 5.32 Å². The molecular weight excluding hydrogens is 386 g/mol. The smallest absolute Gasteiger partial charge is 0.323 e. The van der Waals surface area contributed by atoms with Crippen molar-refractivity contribution in [2.24, 2.45) is 0 Å². The van der Waals surface area contributed by atoms with E-state index in [4.69, 9.17) is 4.74 Å². The molecule has 0 spiro atoms. The number of ether oxygens (including phenoxy) is 1. The maximum Gasteiger partial charge on any atom is 0.323 e. The third-order valence-electron chi connectivity index (χ3n) is 5.25. The second-order valence-electron chi connectivity index (χ2n) is 7.24. The number of ketones is 1. The summed E-state index contributed by atoms with van der Waals surface area (Å²) in [5.74, 6) is -0.626. The van der Waals surface area contributed by atoms with Crippen LogP contribution in [0.4, 0.5) is 0 Å². The lowest BCUT2D eigenvalue weighted by Crippen LogP contribution is -2.53. The molecule has 0 amide bonds. The standard InChI is InChI=1S/C27H27NO3/c1-3-13-24(29)20-25(26(30)31-2)28-27(21-14-7-4-8-15-21,22-16-9-5-10-17-22)23-18-11-6-12-19-23/h3-19,25,28H,20H2,1-2H3. The monoisotopic (exact) mass is 413 g/mol. The van der Waals surface area contributed by atoms with Gasteiger partial charge in [-0.1, -0.05) is 97.1 Å². The fourth-order valence-corrected chi connectivity index (χ4v) is 3.87. The minimum Gasteiger partial charge on any atom is -0.468 e. The molecule has 1 N–H and O–H groups in total. The number of carbonyl (C=O) groups excluding carboxylic acids is 2. The topological polar surface area (TPSA) is 55.4 Å². The first kappa shape index (κ1) is 22.2. The second-order valence-corrected chi connectivity index (χ2v) is 7.24. The molecule has 1 atom stereocenters. The molecule has 0 aliphatic carbocycles. The highest BCUT2D eigenvalue weighted by atomic mass is 16.5. The van der Waals surface area contributed by atoms with Crippen LogP contribution in [0, 0.1) is 0 Å². The normalized spacial score (nSPS) is 12.5. The summed E-state index contributed by atoms with van der Waals surface area (Å²) in [6, 6.07) is 29.0. The third-order valence-corrected chi connectivity index (χ3v) is 5.25. The second kappa shape index (κ2) is 10.5. The van der Waals surface area contributed by atoms with Crippen molar-refractivity contribution in [3.8, 4) is 0 Å². The van der Waals surface area contributed by atoms with Crippen LogP contribution in [0.5, 0.6) is 0 Å². The Bertz CT molecular complexity index is 917. The number of hydrogen-bond acceptors (Lipinski definition) is 4. The molecule has 0 saturated heterocycles. The van der Waals surface area contributed by atoms with E-state index in [1.807, 2.05) is 91.0 Å². The maximum atomic E-state index is 12.8. The van der Waals surface area contributed by atoms with Gasteiger partial charge in [-0.15, -0.1) is 0 Å². The molecular formula is C27H27NO3. The SMILES string of the molecule is CC=CC(=O)CC(NC(c1ccccc1)(c1ccccc1)c1ccccc1)C(=O)OC. The van der Waals surface area contributed by atoms with Gasteiger partial charge in [-0.3, -0.25) is 14.9 Å². The molecule has 0 bridgehead atoms. The number of allylic oxidation sites excluding steroid dienone is 2. The van der Waals surface area contributed by atoms with Gasteiger partial charge in [0.05, 0.1) is 12.6 Å². The number of hydrogen-bond donors (Lipinski definition) is 1. The summed E-state index contributed by atoms with van der Waals surface area (Å²) in [5.41, 5.74) is 2.01. The predicted octanol–water partition coefficient (Wildman–Crippen LogP) is 4.65. The van der Waals surface area contributed by atoms with Crippen LogP contribution in [-0.4, -0.2) is 24.9 Å². The summed E-state index contributed by atoms with van der Waals surface area (Å²) < 4.78 is 5.07. The van der Waals surface area contributed by atoms with Crippen LogP contribution in [0.15, 0.2) is 103 Å². The first-order valence-electron chi connectivity index (χ1n) is 10.3. The van der Waals surface area contributed by atoms with Gasteiger partial charge in [0.25, 0.3) is 0 Å². The van der Waals surface area contributed by atoms with Crippen molar-refractivity contribution in [1.29, 1.82) is 0 Å². The Labute approximate surface area is 183 Å². The van der Waals surface area contributed by atoms with Gasteiger partial charge in [-0.25, -0.2) is 0 Å². The fourth-order valence-electron chi connectivity index (χ4n) is 3.87. The van der Waals surface area contributed by atoms with E-state index >= 15 is 0 Å². The Morgan fingerprint density at radius 1 is 0.839 bits per heavy atom. The average molecular weight is 414 g/mol. The molecule has 4 nitrogen and oxygen atoms in total. The van der Waals surface area contributed by atoms with Crippen molar-refractivity contribution in [3.05, 3.63) is 120 Å². The summed E-state index contributed by atoms with van der Waals surface area (Å²) >= 11 is 0. The van der Waals surface area contributed by atoms with Gasteiger partial charge in [0.2, 0.25) is 0 Å². The Balaban J connectivity index is 2.23. The maximum absolute atomic E-state index is 12.8. The summed E-state index contributed by atoms with van der Waals surface area (Å²) in [6.07, 6.45) is 3.15. The summed E-state index contributed by atoms with van der Waals surface area (Å²) in [5, 5.41) is 3.53. The van der Waals surface area contributed by atoms with Gasteiger partial charge >= 0.3 is 5.97 Å². The summed E-state index contributed by atoms with van der Waals surface area (Å²) in [4.78, 5) is 25.2. The molecule has 3 aromatic carbocycles. The molecule has 1 unspecified atom stereocenters. The first-order valence-corrected chi connectivity index (χ1v) is 10.3. The van der Waals surface area contributed by atoms with Gasteiger partial charge in [0.15, 0.2) is 5.78 Å². The van der Waals surface area contributed by atoms with E-state index < -0.39 is 17.6 Å². The zero-order valence-electron chi connectivity index (χ0n) is 17.8. The minimum absolute atomic E-state index is 0.00867. The molecule has 0 heterocycles. The largest absolute Gasteiger partial charge is 0.468 e. The van der Waals surface area contributed by atoms with Crippen LogP contribution in [0.3, 0.4) is 0 Å². The molecule has 3 aromatic rings. The van der Waals surface area contributed by atoms with Crippen LogP contribution in [0.2, 0.25) is 0 Å². The Morgan fingerprint density at radius 3 is 1.61 bits per heavy atom. The molecule has 0 fully saturated rings. The summed E-state index contributed by atoms with van der Waals surface area (Å²) in [7, 11) is 1.34. The lowest BCUT2D eigenvalue weighted by Gasteiger charge is -2.39. The molecule has 31 heavy (non-hydrogen) atoms. The van der Waals surface area contributed by atoms with Gasteiger partial charge in [0, 0.05) is 6.42 Å². The molecule has 0 aromatic heterocycles.